The number of hydrogen-bond acceptors (Lipinski definition) is 7. The van der Waals surface area contributed by atoms with E-state index in [-0.39, 0.29) is 26.0 Å². The maximum absolute atomic E-state index is 11.4. The van der Waals surface area contributed by atoms with E-state index in [0.29, 0.717) is 43.1 Å². The molecule has 2 rings (SSSR count). The molecule has 0 aromatic heterocycles. The fourth-order valence-electron chi connectivity index (χ4n) is 2.65. The van der Waals surface area contributed by atoms with Gasteiger partial charge in [-0.25, -0.2) is 0 Å². The number of carboxylic acids is 1. The number of rotatable bonds is 11. The van der Waals surface area contributed by atoms with E-state index in [2.05, 4.69) is 0 Å². The van der Waals surface area contributed by atoms with Gasteiger partial charge in [-0.2, -0.15) is 0 Å². The number of fused-ring (bicyclic) bond motifs is 1. The van der Waals surface area contributed by atoms with Crippen molar-refractivity contribution in [3.8, 4) is 17.2 Å². The Bertz CT molecular complexity index is 584. The number of ether oxygens (including phenoxy) is 3. The third-order valence-electron chi connectivity index (χ3n) is 4.14. The van der Waals surface area contributed by atoms with Crippen molar-refractivity contribution in [2.24, 2.45) is 5.73 Å². The Morgan fingerprint density at radius 1 is 1.20 bits per heavy atom. The van der Waals surface area contributed by atoms with Gasteiger partial charge in [0.05, 0.1) is 6.61 Å². The zero-order valence-corrected chi connectivity index (χ0v) is 14.0. The zero-order valence-electron chi connectivity index (χ0n) is 14.0. The Morgan fingerprint density at radius 2 is 1.92 bits per heavy atom. The lowest BCUT2D eigenvalue weighted by molar-refractivity contribution is -0.144. The molecule has 9 heteroatoms. The molecule has 1 aliphatic rings. The molecule has 5 N–H and O–H groups in total. The van der Waals surface area contributed by atoms with E-state index < -0.39 is 18.6 Å². The van der Waals surface area contributed by atoms with Crippen molar-refractivity contribution in [1.29, 1.82) is 0 Å². The number of aliphatic carboxylic acids is 1. The van der Waals surface area contributed by atoms with Crippen LogP contribution in [0.1, 0.15) is 32.1 Å². The van der Waals surface area contributed by atoms with Crippen molar-refractivity contribution in [3.63, 3.8) is 0 Å². The summed E-state index contributed by atoms with van der Waals surface area (Å²) in [7, 11) is -1.37. The minimum atomic E-state index is -1.37. The first kappa shape index (κ1) is 19.4. The fourth-order valence-corrected chi connectivity index (χ4v) is 2.65. The van der Waals surface area contributed by atoms with Gasteiger partial charge in [0.2, 0.25) is 6.79 Å². The molecule has 1 heterocycles. The minimum Gasteiger partial charge on any atom is -0.493 e. The molecule has 1 aromatic carbocycles. The largest absolute Gasteiger partial charge is 0.493 e. The molecule has 0 bridgehead atoms. The number of benzene rings is 1. The van der Waals surface area contributed by atoms with Gasteiger partial charge in [-0.3, -0.25) is 4.79 Å². The zero-order chi connectivity index (χ0) is 18.3. The highest BCUT2D eigenvalue weighted by molar-refractivity contribution is 6.40. The lowest BCUT2D eigenvalue weighted by Crippen LogP contribution is -2.48. The van der Waals surface area contributed by atoms with Crippen LogP contribution in [0.3, 0.4) is 0 Å². The highest BCUT2D eigenvalue weighted by Gasteiger charge is 2.32. The Kier molecular flexibility index (Phi) is 6.92. The maximum atomic E-state index is 11.4. The molecule has 0 aliphatic carbocycles. The van der Waals surface area contributed by atoms with Crippen molar-refractivity contribution in [2.45, 2.75) is 44.0 Å². The lowest BCUT2D eigenvalue weighted by atomic mass is 9.81. The van der Waals surface area contributed by atoms with Gasteiger partial charge in [-0.05, 0) is 37.7 Å². The number of carboxylic acid groups (broad SMARTS) is 1. The molecule has 0 saturated heterocycles. The predicted octanol–water partition coefficient (Wildman–Crippen LogP) is 0.999. The normalized spacial score (nSPS) is 14.8. The molecule has 138 valence electrons. The molecule has 0 amide bonds. The summed E-state index contributed by atoms with van der Waals surface area (Å²) >= 11 is 0. The summed E-state index contributed by atoms with van der Waals surface area (Å²) in [5, 5.41) is 27.0. The van der Waals surface area contributed by atoms with Crippen molar-refractivity contribution >= 4 is 13.1 Å². The summed E-state index contributed by atoms with van der Waals surface area (Å²) in [5.74, 6) is 0.869. The highest BCUT2D eigenvalue weighted by Crippen LogP contribution is 2.35. The molecule has 8 nitrogen and oxygen atoms in total. The first-order chi connectivity index (χ1) is 11.9. The Labute approximate surface area is 146 Å². The van der Waals surface area contributed by atoms with Gasteiger partial charge in [-0.1, -0.05) is 12.8 Å². The van der Waals surface area contributed by atoms with E-state index in [1.165, 1.54) is 0 Å². The average Bonchev–Trinajstić information content (AvgIpc) is 3.03. The quantitative estimate of drug-likeness (QED) is 0.342. The van der Waals surface area contributed by atoms with E-state index in [9.17, 15) is 9.90 Å². The summed E-state index contributed by atoms with van der Waals surface area (Å²) < 4.78 is 16.1. The van der Waals surface area contributed by atoms with Crippen LogP contribution >= 0.6 is 0 Å². The summed E-state index contributed by atoms with van der Waals surface area (Å²) in [6, 6.07) is 5.26. The Balaban J connectivity index is 1.74. The first-order valence-electron chi connectivity index (χ1n) is 8.31. The molecule has 1 atom stereocenters. The van der Waals surface area contributed by atoms with Crippen LogP contribution in [-0.4, -0.2) is 47.2 Å². The van der Waals surface area contributed by atoms with Crippen LogP contribution in [0.15, 0.2) is 18.2 Å². The molecule has 1 unspecified atom stereocenters. The monoisotopic (exact) mass is 353 g/mol. The SMILES string of the molecule is NC(CCCCB(O)O)(CCCOc1ccc2c(c1)OCO2)C(=O)O. The van der Waals surface area contributed by atoms with Crippen molar-refractivity contribution in [2.75, 3.05) is 13.4 Å². The van der Waals surface area contributed by atoms with Crippen molar-refractivity contribution in [1.82, 2.24) is 0 Å². The molecule has 0 fully saturated rings. The summed E-state index contributed by atoms with van der Waals surface area (Å²) in [6.07, 6.45) is 2.28. The van der Waals surface area contributed by atoms with Crippen LogP contribution in [0.25, 0.3) is 0 Å². The Hall–Kier alpha value is -1.97. The molecule has 0 spiro atoms. The van der Waals surface area contributed by atoms with Gasteiger partial charge in [0.25, 0.3) is 0 Å². The van der Waals surface area contributed by atoms with Gasteiger partial charge >= 0.3 is 13.1 Å². The first-order valence-corrected chi connectivity index (χ1v) is 8.31. The van der Waals surface area contributed by atoms with E-state index >= 15 is 0 Å². The third kappa shape index (κ3) is 5.80. The van der Waals surface area contributed by atoms with Crippen LogP contribution in [0.2, 0.25) is 6.32 Å². The van der Waals surface area contributed by atoms with Crippen molar-refractivity contribution in [3.05, 3.63) is 18.2 Å². The smallest absolute Gasteiger partial charge is 0.451 e. The Morgan fingerprint density at radius 3 is 2.64 bits per heavy atom. The van der Waals surface area contributed by atoms with Crippen LogP contribution in [0, 0.1) is 0 Å². The predicted molar refractivity (Wildman–Crippen MR) is 90.7 cm³/mol. The molecule has 25 heavy (non-hydrogen) atoms. The van der Waals surface area contributed by atoms with E-state index in [1.807, 2.05) is 0 Å². The highest BCUT2D eigenvalue weighted by atomic mass is 16.7. The van der Waals surface area contributed by atoms with E-state index in [0.717, 1.165) is 0 Å². The third-order valence-corrected chi connectivity index (χ3v) is 4.14. The number of carbonyl (C=O) groups is 1. The average molecular weight is 353 g/mol. The van der Waals surface area contributed by atoms with Crippen LogP contribution in [0.5, 0.6) is 17.2 Å². The van der Waals surface area contributed by atoms with Gasteiger partial charge in [0, 0.05) is 6.07 Å². The second kappa shape index (κ2) is 8.93. The van der Waals surface area contributed by atoms with Gasteiger partial charge in [-0.15, -0.1) is 0 Å². The summed E-state index contributed by atoms with van der Waals surface area (Å²) in [6.45, 7) is 0.529. The second-order valence-corrected chi connectivity index (χ2v) is 6.15. The van der Waals surface area contributed by atoms with E-state index in [1.54, 1.807) is 18.2 Å². The lowest BCUT2D eigenvalue weighted by Gasteiger charge is -2.24. The van der Waals surface area contributed by atoms with Gasteiger partial charge in [0.1, 0.15) is 11.3 Å². The van der Waals surface area contributed by atoms with Crippen LogP contribution in [0.4, 0.5) is 0 Å². The van der Waals surface area contributed by atoms with Gasteiger partial charge in [0.15, 0.2) is 11.5 Å². The van der Waals surface area contributed by atoms with Crippen molar-refractivity contribution < 1.29 is 34.2 Å². The molecule has 0 saturated carbocycles. The molecular weight excluding hydrogens is 329 g/mol. The second-order valence-electron chi connectivity index (χ2n) is 6.15. The maximum Gasteiger partial charge on any atom is 0.451 e. The number of unbranched alkanes of at least 4 members (excludes halogenated alkanes) is 1. The fraction of sp³-hybridized carbons (Fsp3) is 0.562. The molecular formula is C16H24BNO7. The standard InChI is InChI=1S/C16H24BNO7/c18-16(15(19)20,6-1-2-8-17(21)22)7-3-9-23-12-4-5-13-14(10-12)25-11-24-13/h4-5,10,21-22H,1-3,6-9,11,18H2,(H,19,20). The van der Waals surface area contributed by atoms with E-state index in [4.69, 9.17) is 30.0 Å². The van der Waals surface area contributed by atoms with Crippen LogP contribution in [-0.2, 0) is 4.79 Å². The topological polar surface area (TPSA) is 131 Å². The molecule has 1 aliphatic heterocycles. The molecule has 0 radical (unpaired) electrons. The van der Waals surface area contributed by atoms with Gasteiger partial charge < -0.3 is 35.1 Å². The van der Waals surface area contributed by atoms with Crippen LogP contribution < -0.4 is 19.9 Å². The number of hydrogen-bond donors (Lipinski definition) is 4. The molecule has 1 aromatic rings. The minimum absolute atomic E-state index is 0.195. The summed E-state index contributed by atoms with van der Waals surface area (Å²) in [4.78, 5) is 11.4. The summed E-state index contributed by atoms with van der Waals surface area (Å²) in [5.41, 5.74) is 4.66. The number of nitrogens with two attached hydrogens (primary N) is 1.